The molecule has 1 aromatic carbocycles. The maximum Gasteiger partial charge on any atom is 0.339 e. The lowest BCUT2D eigenvalue weighted by molar-refractivity contribution is -0.122. The van der Waals surface area contributed by atoms with Gasteiger partial charge in [-0.3, -0.25) is 4.79 Å². The SMILES string of the molecule is Cc1c(C(=O)O)cnn1-c1cccc(NC(=O)C(C)C2CCOCC2)c1. The number of carbonyl (C=O) groups is 2. The highest BCUT2D eigenvalue weighted by Gasteiger charge is 2.26. The molecule has 2 heterocycles. The number of rotatable bonds is 5. The van der Waals surface area contributed by atoms with Crippen LogP contribution in [-0.4, -0.2) is 40.0 Å². The van der Waals surface area contributed by atoms with Crippen LogP contribution in [0.5, 0.6) is 0 Å². The minimum atomic E-state index is -1.01. The first kappa shape index (κ1) is 18.1. The highest BCUT2D eigenvalue weighted by atomic mass is 16.5. The van der Waals surface area contributed by atoms with Crippen molar-refractivity contribution in [2.45, 2.75) is 26.7 Å². The fourth-order valence-corrected chi connectivity index (χ4v) is 3.28. The number of anilines is 1. The first-order chi connectivity index (χ1) is 12.5. The molecule has 7 nitrogen and oxygen atoms in total. The minimum Gasteiger partial charge on any atom is -0.478 e. The number of ether oxygens (including phenoxy) is 1. The van der Waals surface area contributed by atoms with Crippen LogP contribution in [0.1, 0.15) is 35.8 Å². The van der Waals surface area contributed by atoms with Gasteiger partial charge in [-0.15, -0.1) is 0 Å². The van der Waals surface area contributed by atoms with Gasteiger partial charge in [0.25, 0.3) is 0 Å². The van der Waals surface area contributed by atoms with Gasteiger partial charge >= 0.3 is 5.97 Å². The molecule has 1 aromatic heterocycles. The highest BCUT2D eigenvalue weighted by Crippen LogP contribution is 2.25. The molecule has 1 saturated heterocycles. The first-order valence-corrected chi connectivity index (χ1v) is 8.74. The summed E-state index contributed by atoms with van der Waals surface area (Å²) in [5.74, 6) is -0.785. The minimum absolute atomic E-state index is 0.0162. The van der Waals surface area contributed by atoms with E-state index in [0.717, 1.165) is 12.8 Å². The second-order valence-corrected chi connectivity index (χ2v) is 6.64. The maximum absolute atomic E-state index is 12.6. The molecule has 26 heavy (non-hydrogen) atoms. The van der Waals surface area contributed by atoms with E-state index >= 15 is 0 Å². The molecule has 3 rings (SSSR count). The van der Waals surface area contributed by atoms with Crippen LogP contribution in [0.2, 0.25) is 0 Å². The third-order valence-corrected chi connectivity index (χ3v) is 4.99. The highest BCUT2D eigenvalue weighted by molar-refractivity contribution is 5.93. The van der Waals surface area contributed by atoms with Crippen molar-refractivity contribution in [2.75, 3.05) is 18.5 Å². The summed E-state index contributed by atoms with van der Waals surface area (Å²) >= 11 is 0. The molecule has 138 valence electrons. The van der Waals surface area contributed by atoms with Gasteiger partial charge in [0.1, 0.15) is 5.56 Å². The molecule has 0 saturated carbocycles. The number of carbonyl (C=O) groups excluding carboxylic acids is 1. The standard InChI is InChI=1S/C19H23N3O4/c1-12(14-6-8-26-9-7-14)18(23)21-15-4-3-5-16(10-15)22-13(2)17(11-20-22)19(24)25/h3-5,10-12,14H,6-9H2,1-2H3,(H,21,23)(H,24,25). The van der Waals surface area contributed by atoms with E-state index in [9.17, 15) is 9.59 Å². The van der Waals surface area contributed by atoms with Gasteiger partial charge in [0, 0.05) is 24.8 Å². The largest absolute Gasteiger partial charge is 0.478 e. The third kappa shape index (κ3) is 3.77. The van der Waals surface area contributed by atoms with Crippen molar-refractivity contribution < 1.29 is 19.4 Å². The van der Waals surface area contributed by atoms with Crippen LogP contribution in [0.15, 0.2) is 30.5 Å². The summed E-state index contributed by atoms with van der Waals surface area (Å²) in [6, 6.07) is 7.24. The zero-order chi connectivity index (χ0) is 18.7. The fourth-order valence-electron chi connectivity index (χ4n) is 3.28. The van der Waals surface area contributed by atoms with Crippen molar-refractivity contribution in [3.63, 3.8) is 0 Å². The van der Waals surface area contributed by atoms with E-state index in [1.807, 2.05) is 25.1 Å². The van der Waals surface area contributed by atoms with Crippen LogP contribution < -0.4 is 5.32 Å². The zero-order valence-electron chi connectivity index (χ0n) is 14.9. The van der Waals surface area contributed by atoms with E-state index in [1.54, 1.807) is 17.7 Å². The van der Waals surface area contributed by atoms with Gasteiger partial charge in [0.05, 0.1) is 17.6 Å². The van der Waals surface area contributed by atoms with E-state index in [4.69, 9.17) is 9.84 Å². The van der Waals surface area contributed by atoms with Crippen molar-refractivity contribution in [1.82, 2.24) is 9.78 Å². The molecule has 1 aliphatic heterocycles. The predicted molar refractivity (Wildman–Crippen MR) is 96.6 cm³/mol. The Kier molecular flexibility index (Phi) is 5.37. The number of hydrogen-bond acceptors (Lipinski definition) is 4. The molecule has 2 aromatic rings. The molecule has 1 fully saturated rings. The second kappa shape index (κ2) is 7.70. The van der Waals surface area contributed by atoms with E-state index in [1.165, 1.54) is 6.20 Å². The molecular formula is C19H23N3O4. The van der Waals surface area contributed by atoms with Crippen molar-refractivity contribution >= 4 is 17.6 Å². The van der Waals surface area contributed by atoms with Gasteiger partial charge < -0.3 is 15.2 Å². The number of carboxylic acids is 1. The molecule has 0 bridgehead atoms. The molecule has 0 radical (unpaired) electrons. The lowest BCUT2D eigenvalue weighted by Gasteiger charge is -2.27. The normalized spacial score (nSPS) is 16.2. The topological polar surface area (TPSA) is 93.5 Å². The molecule has 2 N–H and O–H groups in total. The van der Waals surface area contributed by atoms with E-state index < -0.39 is 5.97 Å². The maximum atomic E-state index is 12.6. The fraction of sp³-hybridized carbons (Fsp3) is 0.421. The lowest BCUT2D eigenvalue weighted by Crippen LogP contribution is -2.30. The van der Waals surface area contributed by atoms with Crippen LogP contribution in [0.3, 0.4) is 0 Å². The molecule has 0 aliphatic carbocycles. The first-order valence-electron chi connectivity index (χ1n) is 8.74. The molecule has 0 spiro atoms. The Morgan fingerprint density at radius 1 is 1.35 bits per heavy atom. The Morgan fingerprint density at radius 2 is 2.08 bits per heavy atom. The summed E-state index contributed by atoms with van der Waals surface area (Å²) in [7, 11) is 0. The molecular weight excluding hydrogens is 334 g/mol. The van der Waals surface area contributed by atoms with Gasteiger partial charge in [-0.05, 0) is 43.9 Å². The Bertz CT molecular complexity index is 809. The number of carboxylic acid groups (broad SMARTS) is 1. The summed E-state index contributed by atoms with van der Waals surface area (Å²) in [4.78, 5) is 23.8. The Balaban J connectivity index is 1.75. The van der Waals surface area contributed by atoms with Crippen LogP contribution in [0, 0.1) is 18.8 Å². The van der Waals surface area contributed by atoms with Gasteiger partial charge in [-0.1, -0.05) is 13.0 Å². The number of nitrogens with zero attached hydrogens (tertiary/aromatic N) is 2. The van der Waals surface area contributed by atoms with Crippen LogP contribution >= 0.6 is 0 Å². The average molecular weight is 357 g/mol. The number of amides is 1. The number of hydrogen-bond donors (Lipinski definition) is 2. The van der Waals surface area contributed by atoms with E-state index in [2.05, 4.69) is 10.4 Å². The van der Waals surface area contributed by atoms with E-state index in [0.29, 0.717) is 36.2 Å². The smallest absolute Gasteiger partial charge is 0.339 e. The van der Waals surface area contributed by atoms with Crippen LogP contribution in [-0.2, 0) is 9.53 Å². The Hall–Kier alpha value is -2.67. The number of benzene rings is 1. The van der Waals surface area contributed by atoms with Gasteiger partial charge in [0.15, 0.2) is 0 Å². The Morgan fingerprint density at radius 3 is 2.73 bits per heavy atom. The molecule has 1 aliphatic rings. The van der Waals surface area contributed by atoms with Crippen molar-refractivity contribution in [3.8, 4) is 5.69 Å². The van der Waals surface area contributed by atoms with Gasteiger partial charge in [-0.25, -0.2) is 9.48 Å². The monoisotopic (exact) mass is 357 g/mol. The van der Waals surface area contributed by atoms with Crippen molar-refractivity contribution in [3.05, 3.63) is 41.7 Å². The summed E-state index contributed by atoms with van der Waals surface area (Å²) < 4.78 is 6.92. The zero-order valence-corrected chi connectivity index (χ0v) is 14.9. The second-order valence-electron chi connectivity index (χ2n) is 6.64. The summed E-state index contributed by atoms with van der Waals surface area (Å²) in [5.41, 5.74) is 2.06. The third-order valence-electron chi connectivity index (χ3n) is 4.99. The Labute approximate surface area is 152 Å². The number of nitrogens with one attached hydrogen (secondary N) is 1. The van der Waals surface area contributed by atoms with Gasteiger partial charge in [0.2, 0.25) is 5.91 Å². The number of aromatic carboxylic acids is 1. The van der Waals surface area contributed by atoms with Crippen molar-refractivity contribution in [1.29, 1.82) is 0 Å². The van der Waals surface area contributed by atoms with Crippen molar-refractivity contribution in [2.24, 2.45) is 11.8 Å². The molecule has 1 unspecified atom stereocenters. The van der Waals surface area contributed by atoms with E-state index in [-0.39, 0.29) is 17.4 Å². The summed E-state index contributed by atoms with van der Waals surface area (Å²) in [5, 5.41) is 16.3. The number of aromatic nitrogens is 2. The quantitative estimate of drug-likeness (QED) is 0.858. The molecule has 1 atom stereocenters. The average Bonchev–Trinajstić information content (AvgIpc) is 3.03. The summed E-state index contributed by atoms with van der Waals surface area (Å²) in [6.07, 6.45) is 3.13. The van der Waals surface area contributed by atoms with Crippen LogP contribution in [0.4, 0.5) is 5.69 Å². The van der Waals surface area contributed by atoms with Gasteiger partial charge in [-0.2, -0.15) is 5.10 Å². The predicted octanol–water partition coefficient (Wildman–Crippen LogP) is 2.88. The lowest BCUT2D eigenvalue weighted by atomic mass is 9.87. The van der Waals surface area contributed by atoms with Crippen LogP contribution in [0.25, 0.3) is 5.69 Å². The molecule has 1 amide bonds. The molecule has 7 heteroatoms. The summed E-state index contributed by atoms with van der Waals surface area (Å²) in [6.45, 7) is 5.07.